The number of carbonyl (C=O) groups is 6. The van der Waals surface area contributed by atoms with E-state index in [1.807, 2.05) is 103 Å². The monoisotopic (exact) mass is 1840 g/mol. The first-order valence-corrected chi connectivity index (χ1v) is 43.5. The molecule has 10 heterocycles. The molecule has 19 rings (SSSR count). The number of nitrogens with zero attached hydrogens (tertiary/aromatic N) is 8. The second-order valence-electron chi connectivity index (χ2n) is 30.8. The molecular weight excluding hydrogens is 1750 g/mol. The highest BCUT2D eigenvalue weighted by Gasteiger charge is 2.39. The lowest BCUT2D eigenvalue weighted by atomic mass is 9.79. The summed E-state index contributed by atoms with van der Waals surface area (Å²) < 4.78 is 110. The highest BCUT2D eigenvalue weighted by molar-refractivity contribution is 14.1. The zero-order valence-corrected chi connectivity index (χ0v) is 72.0. The summed E-state index contributed by atoms with van der Waals surface area (Å²) in [5, 5.41) is 27.4. The summed E-state index contributed by atoms with van der Waals surface area (Å²) in [6.45, 7) is 10.2. The number of aromatic amines is 1. The van der Waals surface area contributed by atoms with E-state index in [1.54, 1.807) is 88.0 Å². The predicted molar refractivity (Wildman–Crippen MR) is 475 cm³/mol. The number of benzene rings is 8. The topological polar surface area (TPSA) is 225 Å². The number of Topliss-reactive ketones (excluding diaryl/α,β-unsaturated/α-hetero) is 2. The number of nitrogens with one attached hydrogen (secondary N) is 4. The van der Waals surface area contributed by atoms with E-state index in [0.717, 1.165) is 174 Å². The van der Waals surface area contributed by atoms with Crippen LogP contribution in [0.3, 0.4) is 0 Å². The number of piperidine rings is 2. The maximum absolute atomic E-state index is 13.7. The normalized spacial score (nSPS) is 16.0. The number of carboxylic acid groups (broad SMARTS) is 1. The van der Waals surface area contributed by atoms with Crippen molar-refractivity contribution >= 4 is 124 Å². The average Bonchev–Trinajstić information content (AvgIpc) is 1.65. The summed E-state index contributed by atoms with van der Waals surface area (Å²) in [5.41, 5.74) is 7.17. The minimum Gasteiger partial charge on any atom is -0.478 e. The molecule has 1 saturated carbocycles. The number of hydrogen-bond donors (Lipinski definition) is 5. The molecule has 3 amide bonds. The fourth-order valence-corrected chi connectivity index (χ4v) is 17.6. The summed E-state index contributed by atoms with van der Waals surface area (Å²) in [6, 6.07) is 44.8. The molecule has 0 unspecified atom stereocenters. The van der Waals surface area contributed by atoms with Crippen LogP contribution < -0.4 is 16.0 Å². The number of hydrogen-bond acceptors (Lipinski definition) is 13. The van der Waals surface area contributed by atoms with E-state index in [1.165, 1.54) is 105 Å². The van der Waals surface area contributed by atoms with Gasteiger partial charge >= 0.3 is 5.97 Å². The Kier molecular flexibility index (Phi) is 30.4. The number of rotatable bonds is 13. The Balaban J connectivity index is 0.000000131. The van der Waals surface area contributed by atoms with Crippen molar-refractivity contribution in [2.75, 3.05) is 66.5 Å². The third-order valence-electron chi connectivity index (χ3n) is 23.1. The Morgan fingerprint density at radius 3 is 1.20 bits per heavy atom. The van der Waals surface area contributed by atoms with Gasteiger partial charge < -0.3 is 54.4 Å². The molecule has 0 bridgehead atoms. The van der Waals surface area contributed by atoms with Gasteiger partial charge in [-0.25, -0.2) is 49.9 Å². The van der Waals surface area contributed by atoms with Gasteiger partial charge in [0.1, 0.15) is 0 Å². The van der Waals surface area contributed by atoms with Crippen LogP contribution in [0.2, 0.25) is 0 Å². The van der Waals surface area contributed by atoms with E-state index in [9.17, 15) is 63.9 Å². The van der Waals surface area contributed by atoms with Crippen LogP contribution in [0.25, 0.3) is 60.7 Å². The Bertz CT molecular complexity index is 5940. The molecule has 1 aliphatic carbocycles. The van der Waals surface area contributed by atoms with Crippen LogP contribution in [0.1, 0.15) is 126 Å². The Morgan fingerprint density at radius 2 is 0.815 bits per heavy atom. The smallest absolute Gasteiger partial charge is 0.335 e. The number of thiazole rings is 2. The van der Waals surface area contributed by atoms with Crippen LogP contribution in [-0.4, -0.2) is 162 Å². The van der Waals surface area contributed by atoms with Crippen molar-refractivity contribution in [2.45, 2.75) is 77.3 Å². The van der Waals surface area contributed by atoms with E-state index >= 15 is 0 Å². The maximum Gasteiger partial charge on any atom is 0.335 e. The second-order valence-corrected chi connectivity index (χ2v) is 33.9. The van der Waals surface area contributed by atoms with Gasteiger partial charge in [-0.15, -0.1) is 22.7 Å². The molecule has 5 N–H and O–H groups in total. The van der Waals surface area contributed by atoms with Crippen molar-refractivity contribution in [1.82, 2.24) is 59.3 Å². The lowest BCUT2D eigenvalue weighted by Crippen LogP contribution is -2.54. The highest BCUT2D eigenvalue weighted by Crippen LogP contribution is 2.36. The molecule has 0 spiro atoms. The first-order chi connectivity index (χ1) is 59.8. The molecule has 14 aromatic rings. The quantitative estimate of drug-likeness (QED) is 0.0315. The highest BCUT2D eigenvalue weighted by atomic mass is 127. The molecule has 6 aromatic heterocycles. The van der Waals surface area contributed by atoms with Crippen LogP contribution in [0.5, 0.6) is 0 Å². The van der Waals surface area contributed by atoms with Gasteiger partial charge in [-0.2, -0.15) is 0 Å². The van der Waals surface area contributed by atoms with Gasteiger partial charge in [0.05, 0.1) is 22.1 Å². The minimum absolute atomic E-state index is 0.00473. The van der Waals surface area contributed by atoms with Crippen molar-refractivity contribution in [3.63, 3.8) is 0 Å². The lowest BCUT2D eigenvalue weighted by molar-refractivity contribution is 0.0228. The van der Waals surface area contributed by atoms with Crippen LogP contribution in [0, 0.1) is 73.8 Å². The van der Waals surface area contributed by atoms with Gasteiger partial charge in [-0.3, -0.25) is 24.0 Å². The van der Waals surface area contributed by atoms with E-state index in [2.05, 4.69) is 45.0 Å². The lowest BCUT2D eigenvalue weighted by Gasteiger charge is -2.46. The van der Waals surface area contributed by atoms with E-state index in [-0.39, 0.29) is 34.9 Å². The summed E-state index contributed by atoms with van der Waals surface area (Å²) >= 11 is 4.72. The number of carbonyl (C=O) groups excluding carboxylic acids is 5. The molecule has 8 aromatic carbocycles. The SMILES string of the molecule is CC(=O)c1ccc2[nH]ccc2c1.CC(=O)c1ccc2c(ccn2-c2ccc(F)c(F)c2)c1.CN[C@H]1CCCC[C@H]1NC.Fc1ccc(I)cc1F.O=C(O)c1ccc2c(ccn2-c2ccc(F)c(F)c2)c1.O=C(c1ccc2c(ccn2-c2ccc(F)c(F)c2)c1)N1CC(C2CCN(C(=O)c3nccs3)CC2)C1.O=C(c1nccs1)N1CCC(C2CNC2)CC1. The van der Waals surface area contributed by atoms with Gasteiger partial charge in [-0.05, 0) is 277 Å². The fraction of sp³-hybridized carbons (Fsp3) is 0.277. The summed E-state index contributed by atoms with van der Waals surface area (Å²) in [4.78, 5) is 88.0. The largest absolute Gasteiger partial charge is 0.478 e. The molecular formula is C94H91F8IN12O7S2. The molecule has 5 aliphatic rings. The predicted octanol–water partition coefficient (Wildman–Crippen LogP) is 19.6. The molecule has 124 heavy (non-hydrogen) atoms. The zero-order valence-electron chi connectivity index (χ0n) is 68.3. The number of carboxylic acids is 1. The number of ketones is 2. The second kappa shape index (κ2) is 41.8. The van der Waals surface area contributed by atoms with Crippen molar-refractivity contribution in [1.29, 1.82) is 0 Å². The molecule has 2 atom stereocenters. The van der Waals surface area contributed by atoms with Crippen molar-refractivity contribution in [2.24, 2.45) is 23.7 Å². The molecule has 644 valence electrons. The van der Waals surface area contributed by atoms with Crippen molar-refractivity contribution in [3.8, 4) is 17.1 Å². The van der Waals surface area contributed by atoms with Crippen molar-refractivity contribution in [3.05, 3.63) is 300 Å². The summed E-state index contributed by atoms with van der Waals surface area (Å²) in [7, 11) is 4.11. The molecule has 4 saturated heterocycles. The first-order valence-electron chi connectivity index (χ1n) is 40.6. The van der Waals surface area contributed by atoms with Crippen molar-refractivity contribution < 1.29 is 69.0 Å². The van der Waals surface area contributed by atoms with Gasteiger partial charge in [0.25, 0.3) is 17.7 Å². The van der Waals surface area contributed by atoms with Crippen LogP contribution in [-0.2, 0) is 0 Å². The van der Waals surface area contributed by atoms with E-state index in [0.29, 0.717) is 65.7 Å². The number of aromatic nitrogens is 6. The number of aromatic carboxylic acids is 1. The fourth-order valence-electron chi connectivity index (χ4n) is 15.9. The summed E-state index contributed by atoms with van der Waals surface area (Å²) in [6.07, 6.45) is 20.1. The molecule has 5 fully saturated rings. The molecule has 0 radical (unpaired) electrons. The van der Waals surface area contributed by atoms with Crippen LogP contribution in [0.4, 0.5) is 35.1 Å². The van der Waals surface area contributed by atoms with Gasteiger partial charge in [0.2, 0.25) is 0 Å². The van der Waals surface area contributed by atoms with Gasteiger partial charge in [0.15, 0.2) is 68.1 Å². The Labute approximate surface area is 732 Å². The Hall–Kier alpha value is -11.6. The Morgan fingerprint density at radius 1 is 0.419 bits per heavy atom. The van der Waals surface area contributed by atoms with E-state index in [4.69, 9.17) is 5.11 Å². The number of H-pyrrole nitrogens is 1. The number of fused-ring (bicyclic) bond motifs is 4. The molecule has 19 nitrogen and oxygen atoms in total. The molecule has 30 heteroatoms. The van der Waals surface area contributed by atoms with Gasteiger partial charge in [-0.1, -0.05) is 12.8 Å². The first kappa shape index (κ1) is 90.2. The number of halogens is 9. The number of likely N-dealkylation sites (tertiary alicyclic amines) is 3. The van der Waals surface area contributed by atoms with Crippen LogP contribution >= 0.6 is 45.3 Å². The minimum atomic E-state index is -1.01. The third-order valence-corrected chi connectivity index (χ3v) is 25.3. The van der Waals surface area contributed by atoms with E-state index < -0.39 is 52.5 Å². The van der Waals surface area contributed by atoms with Gasteiger partial charge in [0, 0.05) is 182 Å². The zero-order chi connectivity index (χ0) is 87.8. The summed E-state index contributed by atoms with van der Waals surface area (Å²) in [5.74, 6) is -5.07. The average molecular weight is 1840 g/mol. The number of amides is 3. The third kappa shape index (κ3) is 22.1. The standard InChI is InChI=1S/C27H24F2N4O2S.C16H11F2NO.C15H9F2NO2.C12H17N3OS.C10H9NO.C8H18N2.C6H3F2I/c28-22-3-2-21(14-23(22)29)33-11-7-18-13-19(1-4-24(18)33)26(34)32-15-20(16-32)17-5-9-31(10-6-17)27(35)25-30-8-12-36-25;1-10(20)11-2-5-16-12(8-11)6-7-19(16)13-3-4-14(17)15(18)9-13;16-12-3-2-11(8-13(12)17)18-6-5-9-7-10(15(19)20)1-4-14(9)18;16-12(11-14-3-6-17-11)15-4-1-9(2-5-15)10-7-13-8-10;1-7(12)8-2-3-10-9(6-8)4-5-11-10;1-9-7-5-3-4-6-8(7)10-2;7-5-2-1-4(9)3-6(5)8/h1-4,7-8,11-14,17,20H,5-6,9-10,15-16H2;2-9H,1H3;1-8H,(H,19,20);3,6,9-10,13H,1-2,4-5,7-8H2;2-6,11H,1H3;7-10H,3-6H2,1-2H3;1-3H/t;;;;;7-,8+;. The van der Waals surface area contributed by atoms with Crippen LogP contribution in [0.15, 0.2) is 218 Å². The molecule has 4 aliphatic heterocycles. The number of likely N-dealkylation sites (N-methyl/N-ethyl adjacent to an activating group) is 2. The maximum atomic E-state index is 13.7.